The Bertz CT molecular complexity index is 389. The summed E-state index contributed by atoms with van der Waals surface area (Å²) in [6.07, 6.45) is -5.11. The van der Waals surface area contributed by atoms with Gasteiger partial charge in [0.2, 0.25) is 0 Å². The van der Waals surface area contributed by atoms with E-state index in [9.17, 15) is 22.4 Å². The van der Waals surface area contributed by atoms with Crippen molar-refractivity contribution in [2.24, 2.45) is 0 Å². The van der Waals surface area contributed by atoms with Gasteiger partial charge in [0, 0.05) is 6.20 Å². The van der Waals surface area contributed by atoms with Gasteiger partial charge in [0.05, 0.1) is 12.1 Å². The molecule has 1 aromatic rings. The zero-order valence-electron chi connectivity index (χ0n) is 7.18. The standard InChI is InChI=1S/C8H5F4NO2/c9-4-1-2-13-5(3-6(14)15)7(4)8(10,11)12/h1-2H,3H2,(H,14,15). The van der Waals surface area contributed by atoms with Crippen LogP contribution in [-0.2, 0) is 17.4 Å². The van der Waals surface area contributed by atoms with Crippen LogP contribution in [0.3, 0.4) is 0 Å². The minimum absolute atomic E-state index is 0.536. The summed E-state index contributed by atoms with van der Waals surface area (Å²) in [6.45, 7) is 0. The summed E-state index contributed by atoms with van der Waals surface area (Å²) in [4.78, 5) is 13.4. The van der Waals surface area contributed by atoms with Crippen LogP contribution < -0.4 is 0 Å². The van der Waals surface area contributed by atoms with Gasteiger partial charge >= 0.3 is 12.1 Å². The third-order valence-corrected chi connectivity index (χ3v) is 1.58. The summed E-state index contributed by atoms with van der Waals surface area (Å²) >= 11 is 0. The molecule has 3 nitrogen and oxygen atoms in total. The molecule has 0 aliphatic rings. The third kappa shape index (κ3) is 2.64. The van der Waals surface area contributed by atoms with Crippen molar-refractivity contribution in [2.75, 3.05) is 0 Å². The largest absolute Gasteiger partial charge is 0.481 e. The number of carboxylic acids is 1. The zero-order valence-corrected chi connectivity index (χ0v) is 7.18. The highest BCUT2D eigenvalue weighted by atomic mass is 19.4. The Morgan fingerprint density at radius 2 is 2.07 bits per heavy atom. The van der Waals surface area contributed by atoms with Gasteiger partial charge in [-0.3, -0.25) is 9.78 Å². The van der Waals surface area contributed by atoms with E-state index in [2.05, 4.69) is 4.98 Å². The van der Waals surface area contributed by atoms with Crippen LogP contribution in [-0.4, -0.2) is 16.1 Å². The van der Waals surface area contributed by atoms with E-state index in [0.717, 1.165) is 6.20 Å². The quantitative estimate of drug-likeness (QED) is 0.778. The van der Waals surface area contributed by atoms with E-state index in [0.29, 0.717) is 6.07 Å². The Morgan fingerprint density at radius 3 is 2.53 bits per heavy atom. The lowest BCUT2D eigenvalue weighted by Crippen LogP contribution is -2.16. The number of alkyl halides is 3. The minimum atomic E-state index is -4.94. The summed E-state index contributed by atoms with van der Waals surface area (Å²) in [5, 5.41) is 8.32. The molecular formula is C8H5F4NO2. The first-order chi connectivity index (χ1) is 6.82. The van der Waals surface area contributed by atoms with Gasteiger partial charge in [-0.1, -0.05) is 0 Å². The maximum absolute atomic E-state index is 12.8. The molecule has 0 radical (unpaired) electrons. The van der Waals surface area contributed by atoms with Gasteiger partial charge in [0.25, 0.3) is 0 Å². The summed E-state index contributed by atoms with van der Waals surface area (Å²) in [5.41, 5.74) is -2.44. The second-order valence-corrected chi connectivity index (χ2v) is 2.68. The first-order valence-corrected chi connectivity index (χ1v) is 3.74. The molecule has 82 valence electrons. The summed E-state index contributed by atoms with van der Waals surface area (Å²) < 4.78 is 49.7. The molecule has 0 unspecified atom stereocenters. The van der Waals surface area contributed by atoms with Crippen molar-refractivity contribution in [1.29, 1.82) is 0 Å². The van der Waals surface area contributed by atoms with Gasteiger partial charge < -0.3 is 5.11 Å². The Kier molecular flexibility index (Phi) is 2.92. The van der Waals surface area contributed by atoms with E-state index < -0.39 is 35.6 Å². The first-order valence-electron chi connectivity index (χ1n) is 3.74. The molecule has 7 heteroatoms. The topological polar surface area (TPSA) is 50.2 Å². The second-order valence-electron chi connectivity index (χ2n) is 2.68. The van der Waals surface area contributed by atoms with Crippen LogP contribution in [0.1, 0.15) is 11.3 Å². The minimum Gasteiger partial charge on any atom is -0.481 e. The molecule has 1 aromatic heterocycles. The Balaban J connectivity index is 3.27. The molecule has 0 fully saturated rings. The number of carboxylic acid groups (broad SMARTS) is 1. The van der Waals surface area contributed by atoms with Crippen LogP contribution in [0.4, 0.5) is 17.6 Å². The predicted octanol–water partition coefficient (Wildman–Crippen LogP) is 1.87. The third-order valence-electron chi connectivity index (χ3n) is 1.58. The van der Waals surface area contributed by atoms with Crippen molar-refractivity contribution in [1.82, 2.24) is 4.98 Å². The number of pyridine rings is 1. The zero-order chi connectivity index (χ0) is 11.6. The molecule has 0 spiro atoms. The maximum atomic E-state index is 12.8. The first kappa shape index (κ1) is 11.4. The van der Waals surface area contributed by atoms with E-state index in [1.807, 2.05) is 0 Å². The average molecular weight is 223 g/mol. The molecule has 0 aromatic carbocycles. The lowest BCUT2D eigenvalue weighted by atomic mass is 10.1. The van der Waals surface area contributed by atoms with Gasteiger partial charge in [-0.25, -0.2) is 4.39 Å². The number of rotatable bonds is 2. The van der Waals surface area contributed by atoms with Crippen LogP contribution in [0.25, 0.3) is 0 Å². The predicted molar refractivity (Wildman–Crippen MR) is 40.5 cm³/mol. The SMILES string of the molecule is O=C(O)Cc1nccc(F)c1C(F)(F)F. The van der Waals surface area contributed by atoms with Crippen LogP contribution in [0.5, 0.6) is 0 Å². The highest BCUT2D eigenvalue weighted by Crippen LogP contribution is 2.33. The van der Waals surface area contributed by atoms with Crippen molar-refractivity contribution in [3.63, 3.8) is 0 Å². The second kappa shape index (κ2) is 3.84. The van der Waals surface area contributed by atoms with Gasteiger partial charge in [-0.2, -0.15) is 13.2 Å². The number of carbonyl (C=O) groups is 1. The smallest absolute Gasteiger partial charge is 0.421 e. The fourth-order valence-electron chi connectivity index (χ4n) is 1.05. The van der Waals surface area contributed by atoms with E-state index in [1.165, 1.54) is 0 Å². The van der Waals surface area contributed by atoms with Crippen LogP contribution in [0, 0.1) is 5.82 Å². The van der Waals surface area contributed by atoms with Crippen LogP contribution in [0.15, 0.2) is 12.3 Å². The number of hydrogen-bond acceptors (Lipinski definition) is 2. The summed E-state index contributed by atoms with van der Waals surface area (Å²) in [6, 6.07) is 0.536. The normalized spacial score (nSPS) is 11.5. The average Bonchev–Trinajstić information content (AvgIpc) is 1.99. The number of hydrogen-bond donors (Lipinski definition) is 1. The van der Waals surface area contributed by atoms with E-state index in [4.69, 9.17) is 5.11 Å². The summed E-state index contributed by atoms with van der Waals surface area (Å²) in [5.74, 6) is -3.02. The number of halogens is 4. The number of aliphatic carboxylic acids is 1. The lowest BCUT2D eigenvalue weighted by molar-refractivity contribution is -0.141. The highest BCUT2D eigenvalue weighted by molar-refractivity contribution is 5.70. The van der Waals surface area contributed by atoms with Gasteiger partial charge in [0.15, 0.2) is 0 Å². The van der Waals surface area contributed by atoms with Crippen molar-refractivity contribution in [2.45, 2.75) is 12.6 Å². The number of aromatic nitrogens is 1. The van der Waals surface area contributed by atoms with Crippen molar-refractivity contribution in [3.05, 3.63) is 29.3 Å². The number of nitrogens with zero attached hydrogens (tertiary/aromatic N) is 1. The molecule has 0 saturated heterocycles. The molecule has 15 heavy (non-hydrogen) atoms. The van der Waals surface area contributed by atoms with E-state index >= 15 is 0 Å². The van der Waals surface area contributed by atoms with Crippen molar-refractivity contribution < 1.29 is 27.5 Å². The molecule has 0 amide bonds. The molecule has 0 aliphatic heterocycles. The molecule has 0 saturated carbocycles. The van der Waals surface area contributed by atoms with Crippen molar-refractivity contribution >= 4 is 5.97 Å². The van der Waals surface area contributed by atoms with Crippen molar-refractivity contribution in [3.8, 4) is 0 Å². The Labute approximate surface area is 81.4 Å². The van der Waals surface area contributed by atoms with Crippen LogP contribution >= 0.6 is 0 Å². The molecule has 0 aliphatic carbocycles. The molecule has 0 bridgehead atoms. The molecule has 0 atom stereocenters. The Morgan fingerprint density at radius 1 is 1.47 bits per heavy atom. The maximum Gasteiger partial charge on any atom is 0.421 e. The monoisotopic (exact) mass is 223 g/mol. The highest BCUT2D eigenvalue weighted by Gasteiger charge is 2.37. The molecule has 1 N–H and O–H groups in total. The molecule has 1 heterocycles. The Hall–Kier alpha value is -1.66. The van der Waals surface area contributed by atoms with Gasteiger partial charge in [0.1, 0.15) is 11.4 Å². The van der Waals surface area contributed by atoms with E-state index in [-0.39, 0.29) is 0 Å². The van der Waals surface area contributed by atoms with Crippen LogP contribution in [0.2, 0.25) is 0 Å². The lowest BCUT2D eigenvalue weighted by Gasteiger charge is -2.10. The fraction of sp³-hybridized carbons (Fsp3) is 0.250. The van der Waals surface area contributed by atoms with E-state index in [1.54, 1.807) is 0 Å². The molecule has 1 rings (SSSR count). The molecular weight excluding hydrogens is 218 g/mol. The van der Waals surface area contributed by atoms with Gasteiger partial charge in [-0.05, 0) is 6.07 Å². The van der Waals surface area contributed by atoms with Gasteiger partial charge in [-0.15, -0.1) is 0 Å². The fourth-order valence-corrected chi connectivity index (χ4v) is 1.05. The summed E-state index contributed by atoms with van der Waals surface area (Å²) in [7, 11) is 0.